The lowest BCUT2D eigenvalue weighted by Gasteiger charge is -2.05. The molecule has 0 rings (SSSR count). The van der Waals surface area contributed by atoms with Crippen LogP contribution in [0.25, 0.3) is 0 Å². The Bertz CT molecular complexity index is 104. The largest absolute Gasteiger partial charge is 0.370 e. The van der Waals surface area contributed by atoms with Gasteiger partial charge in [0.1, 0.15) is 0 Å². The fourth-order valence-electron chi connectivity index (χ4n) is 0.258. The van der Waals surface area contributed by atoms with Gasteiger partial charge in [0.2, 0.25) is 0 Å². The second kappa shape index (κ2) is 10.6. The summed E-state index contributed by atoms with van der Waals surface area (Å²) in [5.74, 6) is -0.333. The number of hydrogen-bond donors (Lipinski definition) is 4. The van der Waals surface area contributed by atoms with Gasteiger partial charge in [-0.3, -0.25) is 5.41 Å². The normalized spacial score (nSPS) is 9.00. The quantitative estimate of drug-likeness (QED) is 0.290. The lowest BCUT2D eigenvalue weighted by Crippen LogP contribution is -2.20. The first-order chi connectivity index (χ1) is 5.54. The summed E-state index contributed by atoms with van der Waals surface area (Å²) in [6.07, 6.45) is 0. The minimum atomic E-state index is -1.58. The first-order valence-electron chi connectivity index (χ1n) is 3.38. The molecule has 6 N–H and O–H groups in total. The van der Waals surface area contributed by atoms with Gasteiger partial charge in [0.15, 0.2) is 5.96 Å². The van der Waals surface area contributed by atoms with E-state index in [1.165, 1.54) is 0 Å². The zero-order valence-corrected chi connectivity index (χ0v) is 8.17. The number of hydrogen-bond acceptors (Lipinski definition) is 4. The molecule has 0 atom stereocenters. The number of rotatable bonds is 4. The molecule has 0 aromatic rings. The van der Waals surface area contributed by atoms with Gasteiger partial charge in [-0.1, -0.05) is 0 Å². The lowest BCUT2D eigenvalue weighted by molar-refractivity contribution is 0.216. The third-order valence-corrected chi connectivity index (χ3v) is 1.44. The highest BCUT2D eigenvalue weighted by Crippen LogP contribution is 2.31. The Kier molecular flexibility index (Phi) is 12.5. The van der Waals surface area contributed by atoms with Crippen molar-refractivity contribution in [2.24, 2.45) is 11.5 Å². The van der Waals surface area contributed by atoms with E-state index in [2.05, 4.69) is 20.5 Å². The SMILES string of the molecule is CCOP(O)OCC.N=C(N)N. The van der Waals surface area contributed by atoms with Crippen molar-refractivity contribution < 1.29 is 13.9 Å². The molecule has 74 valence electrons. The summed E-state index contributed by atoms with van der Waals surface area (Å²) in [4.78, 5) is 8.67. The van der Waals surface area contributed by atoms with E-state index in [9.17, 15) is 0 Å². The van der Waals surface area contributed by atoms with Crippen molar-refractivity contribution in [3.05, 3.63) is 0 Å². The molecular formula is C5H16N3O3P. The van der Waals surface area contributed by atoms with Crippen LogP contribution in [0.3, 0.4) is 0 Å². The van der Waals surface area contributed by atoms with E-state index in [0.29, 0.717) is 13.2 Å². The van der Waals surface area contributed by atoms with Crippen LogP contribution in [0.15, 0.2) is 0 Å². The fraction of sp³-hybridized carbons (Fsp3) is 0.800. The van der Waals surface area contributed by atoms with Gasteiger partial charge in [0, 0.05) is 0 Å². The van der Waals surface area contributed by atoms with Crippen LogP contribution in [0.4, 0.5) is 0 Å². The summed E-state index contributed by atoms with van der Waals surface area (Å²) in [6.45, 7) is 4.62. The van der Waals surface area contributed by atoms with Gasteiger partial charge in [0.05, 0.1) is 13.2 Å². The van der Waals surface area contributed by atoms with Crippen molar-refractivity contribution in [2.45, 2.75) is 13.8 Å². The zero-order valence-electron chi connectivity index (χ0n) is 7.28. The topological polar surface area (TPSA) is 115 Å². The predicted molar refractivity (Wildman–Crippen MR) is 48.5 cm³/mol. The van der Waals surface area contributed by atoms with Gasteiger partial charge < -0.3 is 25.4 Å². The molecule has 0 radical (unpaired) electrons. The summed E-state index contributed by atoms with van der Waals surface area (Å²) < 4.78 is 9.36. The molecule has 0 aromatic carbocycles. The van der Waals surface area contributed by atoms with E-state index in [1.807, 2.05) is 13.8 Å². The van der Waals surface area contributed by atoms with Crippen molar-refractivity contribution in [1.29, 1.82) is 5.41 Å². The molecule has 0 aromatic heterocycles. The predicted octanol–water partition coefficient (Wildman–Crippen LogP) is 0.117. The number of nitrogens with two attached hydrogens (primary N) is 2. The average molecular weight is 197 g/mol. The number of nitrogens with one attached hydrogen (secondary N) is 1. The van der Waals surface area contributed by atoms with Gasteiger partial charge in [0.25, 0.3) is 0 Å². The van der Waals surface area contributed by atoms with Crippen molar-refractivity contribution in [1.82, 2.24) is 0 Å². The highest BCUT2D eigenvalue weighted by atomic mass is 31.2. The molecule has 0 aliphatic rings. The second-order valence-corrected chi connectivity index (χ2v) is 2.52. The Hall–Kier alpha value is -0.420. The molecule has 12 heavy (non-hydrogen) atoms. The maximum absolute atomic E-state index is 8.67. The summed E-state index contributed by atoms with van der Waals surface area (Å²) >= 11 is 0. The maximum Gasteiger partial charge on any atom is 0.329 e. The molecule has 0 amide bonds. The zero-order chi connectivity index (χ0) is 9.98. The second-order valence-electron chi connectivity index (χ2n) is 1.53. The average Bonchev–Trinajstić information content (AvgIpc) is 1.87. The van der Waals surface area contributed by atoms with Crippen LogP contribution in [0.5, 0.6) is 0 Å². The minimum Gasteiger partial charge on any atom is -0.370 e. The van der Waals surface area contributed by atoms with E-state index in [4.69, 9.17) is 10.3 Å². The molecule has 0 unspecified atom stereocenters. The molecule has 0 saturated heterocycles. The van der Waals surface area contributed by atoms with Crippen molar-refractivity contribution in [2.75, 3.05) is 13.2 Å². The molecule has 7 heteroatoms. The summed E-state index contributed by atoms with van der Waals surface area (Å²) in [7, 11) is -1.58. The summed E-state index contributed by atoms with van der Waals surface area (Å²) in [5.41, 5.74) is 8.94. The van der Waals surface area contributed by atoms with E-state index in [-0.39, 0.29) is 5.96 Å². The van der Waals surface area contributed by atoms with E-state index < -0.39 is 8.60 Å². The van der Waals surface area contributed by atoms with Gasteiger partial charge in [-0.25, -0.2) is 0 Å². The fourth-order valence-corrected chi connectivity index (χ4v) is 0.774. The Labute approximate surface area is 73.4 Å². The Balaban J connectivity index is 0. The van der Waals surface area contributed by atoms with Crippen LogP contribution in [0.2, 0.25) is 0 Å². The van der Waals surface area contributed by atoms with Crippen LogP contribution in [-0.4, -0.2) is 24.1 Å². The molecule has 0 aliphatic heterocycles. The van der Waals surface area contributed by atoms with E-state index in [0.717, 1.165) is 0 Å². The third kappa shape index (κ3) is 22.7. The molecule has 0 fully saturated rings. The summed E-state index contributed by atoms with van der Waals surface area (Å²) in [6, 6.07) is 0. The molecule has 0 heterocycles. The van der Waals surface area contributed by atoms with E-state index in [1.54, 1.807) is 0 Å². The molecular weight excluding hydrogens is 181 g/mol. The van der Waals surface area contributed by atoms with Crippen molar-refractivity contribution >= 4 is 14.6 Å². The Morgan fingerprint density at radius 1 is 1.33 bits per heavy atom. The maximum atomic E-state index is 8.67. The van der Waals surface area contributed by atoms with Gasteiger partial charge in [-0.15, -0.1) is 0 Å². The van der Waals surface area contributed by atoms with Crippen molar-refractivity contribution in [3.8, 4) is 0 Å². The monoisotopic (exact) mass is 197 g/mol. The molecule has 0 aliphatic carbocycles. The van der Waals surface area contributed by atoms with Crippen LogP contribution in [0.1, 0.15) is 13.8 Å². The van der Waals surface area contributed by atoms with Crippen LogP contribution in [0, 0.1) is 5.41 Å². The molecule has 6 nitrogen and oxygen atoms in total. The Morgan fingerprint density at radius 2 is 1.58 bits per heavy atom. The Morgan fingerprint density at radius 3 is 1.75 bits per heavy atom. The van der Waals surface area contributed by atoms with Crippen molar-refractivity contribution in [3.63, 3.8) is 0 Å². The van der Waals surface area contributed by atoms with Gasteiger partial charge in [-0.2, -0.15) is 0 Å². The van der Waals surface area contributed by atoms with Gasteiger partial charge >= 0.3 is 8.60 Å². The third-order valence-electron chi connectivity index (χ3n) is 0.479. The molecule has 0 spiro atoms. The highest BCUT2D eigenvalue weighted by Gasteiger charge is 2.00. The van der Waals surface area contributed by atoms with Crippen LogP contribution >= 0.6 is 8.60 Å². The van der Waals surface area contributed by atoms with Gasteiger partial charge in [-0.05, 0) is 13.8 Å². The van der Waals surface area contributed by atoms with E-state index >= 15 is 0 Å². The first-order valence-corrected chi connectivity index (χ1v) is 4.51. The minimum absolute atomic E-state index is 0.333. The molecule has 0 bridgehead atoms. The lowest BCUT2D eigenvalue weighted by atomic mass is 10.9. The highest BCUT2D eigenvalue weighted by molar-refractivity contribution is 7.40. The first kappa shape index (κ1) is 14.1. The smallest absolute Gasteiger partial charge is 0.329 e. The molecule has 0 saturated carbocycles. The van der Waals surface area contributed by atoms with Crippen LogP contribution < -0.4 is 11.5 Å². The number of guanidine groups is 1. The standard InChI is InChI=1S/C4H11O3P.CH5N3/c1-3-6-8(5)7-4-2;2-1(3)4/h5H,3-4H2,1-2H3;(H5,2,3,4). The van der Waals surface area contributed by atoms with Crippen LogP contribution in [-0.2, 0) is 9.05 Å². The summed E-state index contributed by atoms with van der Waals surface area (Å²) in [5, 5.41) is 6.06.